The number of hydrogen-bond acceptors (Lipinski definition) is 1. The third-order valence-corrected chi connectivity index (χ3v) is 3.08. The Kier molecular flexibility index (Phi) is 5.69. The molecule has 0 heterocycles. The van der Waals surface area contributed by atoms with Crippen molar-refractivity contribution >= 4 is 23.2 Å². The van der Waals surface area contributed by atoms with Gasteiger partial charge in [0.05, 0.1) is 0 Å². The zero-order valence-corrected chi connectivity index (χ0v) is 10.8. The van der Waals surface area contributed by atoms with Crippen LogP contribution in [-0.4, -0.2) is 12.6 Å². The van der Waals surface area contributed by atoms with E-state index in [1.54, 1.807) is 0 Å². The molecule has 1 N–H and O–H groups in total. The Hall–Kier alpha value is -0.680. The van der Waals surface area contributed by atoms with Crippen molar-refractivity contribution in [3.63, 3.8) is 0 Å². The number of hydrogen-bond donors (Lipinski definition) is 1. The molecule has 0 spiro atoms. The van der Waals surface area contributed by atoms with Gasteiger partial charge in [-0.05, 0) is 30.7 Å². The van der Waals surface area contributed by atoms with Gasteiger partial charge in [-0.15, -0.1) is 12.3 Å². The number of likely N-dealkylation sites (N-methyl/N-ethyl adjacent to an activating group) is 1. The summed E-state index contributed by atoms with van der Waals surface area (Å²) in [6, 6.07) is 5.77. The zero-order valence-electron chi connectivity index (χ0n) is 9.26. The maximum Gasteiger partial charge on any atom is 0.0453 e. The van der Waals surface area contributed by atoms with Crippen LogP contribution >= 0.6 is 23.2 Å². The summed E-state index contributed by atoms with van der Waals surface area (Å²) in [5.74, 6) is 2.66. The molecule has 0 aliphatic heterocycles. The highest BCUT2D eigenvalue weighted by molar-refractivity contribution is 6.35. The molecule has 0 aromatic heterocycles. The topological polar surface area (TPSA) is 12.0 Å². The van der Waals surface area contributed by atoms with Crippen molar-refractivity contribution in [2.75, 3.05) is 6.54 Å². The van der Waals surface area contributed by atoms with Crippen LogP contribution in [0.4, 0.5) is 0 Å². The van der Waals surface area contributed by atoms with Crippen LogP contribution in [0.25, 0.3) is 0 Å². The molecule has 16 heavy (non-hydrogen) atoms. The van der Waals surface area contributed by atoms with Crippen LogP contribution in [0.2, 0.25) is 10.0 Å². The fourth-order valence-electron chi connectivity index (χ4n) is 1.62. The van der Waals surface area contributed by atoms with E-state index >= 15 is 0 Å². The van der Waals surface area contributed by atoms with E-state index < -0.39 is 0 Å². The van der Waals surface area contributed by atoms with Crippen LogP contribution in [-0.2, 0) is 6.42 Å². The predicted octanol–water partition coefficient (Wildman–Crippen LogP) is 3.54. The van der Waals surface area contributed by atoms with Gasteiger partial charge < -0.3 is 5.32 Å². The van der Waals surface area contributed by atoms with Gasteiger partial charge in [0, 0.05) is 22.5 Å². The number of rotatable bonds is 5. The number of halogens is 2. The molecule has 0 saturated carbocycles. The van der Waals surface area contributed by atoms with Crippen molar-refractivity contribution in [3.8, 4) is 12.3 Å². The Balaban J connectivity index is 2.81. The highest BCUT2D eigenvalue weighted by atomic mass is 35.5. The molecule has 0 saturated heterocycles. The summed E-state index contributed by atoms with van der Waals surface area (Å²) in [6.07, 6.45) is 6.77. The van der Waals surface area contributed by atoms with Gasteiger partial charge in [0.15, 0.2) is 0 Å². The van der Waals surface area contributed by atoms with Gasteiger partial charge in [-0.2, -0.15) is 0 Å². The second-order valence-electron chi connectivity index (χ2n) is 3.57. The van der Waals surface area contributed by atoms with Crippen LogP contribution in [0.15, 0.2) is 18.2 Å². The Morgan fingerprint density at radius 2 is 2.00 bits per heavy atom. The molecule has 86 valence electrons. The molecule has 1 atom stereocenters. The molecule has 1 unspecified atom stereocenters. The summed E-state index contributed by atoms with van der Waals surface area (Å²) in [5, 5.41) is 4.73. The molecule has 0 radical (unpaired) electrons. The standard InChI is InChI=1S/C13H15Cl2N/c1-3-6-10(16-4-2)9-11-12(14)7-5-8-13(11)15/h1,5,7-8,10,16H,4,6,9H2,2H3. The Morgan fingerprint density at radius 1 is 1.38 bits per heavy atom. The first-order valence-corrected chi connectivity index (χ1v) is 6.04. The van der Waals surface area contributed by atoms with Gasteiger partial charge >= 0.3 is 0 Å². The first-order chi connectivity index (χ1) is 7.69. The van der Waals surface area contributed by atoms with E-state index in [1.165, 1.54) is 0 Å². The second-order valence-corrected chi connectivity index (χ2v) is 4.38. The van der Waals surface area contributed by atoms with Crippen molar-refractivity contribution in [2.45, 2.75) is 25.8 Å². The molecule has 1 rings (SSSR count). The quantitative estimate of drug-likeness (QED) is 0.794. The molecule has 0 aliphatic carbocycles. The number of nitrogens with one attached hydrogen (secondary N) is 1. The van der Waals surface area contributed by atoms with E-state index in [4.69, 9.17) is 29.6 Å². The van der Waals surface area contributed by atoms with Gasteiger partial charge in [0.1, 0.15) is 0 Å². The van der Waals surface area contributed by atoms with Crippen molar-refractivity contribution in [1.82, 2.24) is 5.32 Å². The third-order valence-electron chi connectivity index (χ3n) is 2.37. The Bertz CT molecular complexity index is 362. The molecule has 1 aromatic carbocycles. The predicted molar refractivity (Wildman–Crippen MR) is 71.1 cm³/mol. The lowest BCUT2D eigenvalue weighted by molar-refractivity contribution is 0.535. The van der Waals surface area contributed by atoms with E-state index in [0.29, 0.717) is 16.5 Å². The van der Waals surface area contributed by atoms with E-state index in [2.05, 4.69) is 18.2 Å². The average molecular weight is 256 g/mol. The normalized spacial score (nSPS) is 12.1. The maximum absolute atomic E-state index is 6.11. The fraction of sp³-hybridized carbons (Fsp3) is 0.385. The molecule has 0 aliphatic rings. The summed E-state index contributed by atoms with van der Waals surface area (Å²) in [5.41, 5.74) is 0.965. The van der Waals surface area contributed by atoms with E-state index in [0.717, 1.165) is 18.5 Å². The molecular formula is C13H15Cl2N. The van der Waals surface area contributed by atoms with Crippen molar-refractivity contribution in [3.05, 3.63) is 33.8 Å². The van der Waals surface area contributed by atoms with Crippen molar-refractivity contribution in [2.24, 2.45) is 0 Å². The van der Waals surface area contributed by atoms with Crippen LogP contribution in [0.1, 0.15) is 18.9 Å². The number of benzene rings is 1. The minimum Gasteiger partial charge on any atom is -0.313 e. The monoisotopic (exact) mass is 255 g/mol. The first-order valence-electron chi connectivity index (χ1n) is 5.28. The van der Waals surface area contributed by atoms with Crippen LogP contribution in [0, 0.1) is 12.3 Å². The zero-order chi connectivity index (χ0) is 12.0. The summed E-state index contributed by atoms with van der Waals surface area (Å²) in [7, 11) is 0. The average Bonchev–Trinajstić information content (AvgIpc) is 2.24. The van der Waals surface area contributed by atoms with Crippen LogP contribution < -0.4 is 5.32 Å². The largest absolute Gasteiger partial charge is 0.313 e. The minimum absolute atomic E-state index is 0.229. The SMILES string of the molecule is C#CCC(Cc1c(Cl)cccc1Cl)NCC. The van der Waals surface area contributed by atoms with Gasteiger partial charge in [0.25, 0.3) is 0 Å². The van der Waals surface area contributed by atoms with Gasteiger partial charge in [-0.25, -0.2) is 0 Å². The van der Waals surface area contributed by atoms with Crippen molar-refractivity contribution in [1.29, 1.82) is 0 Å². The lowest BCUT2D eigenvalue weighted by Gasteiger charge is -2.16. The lowest BCUT2D eigenvalue weighted by Crippen LogP contribution is -2.30. The first kappa shape index (κ1) is 13.4. The Morgan fingerprint density at radius 3 is 2.50 bits per heavy atom. The highest BCUT2D eigenvalue weighted by Gasteiger charge is 2.12. The van der Waals surface area contributed by atoms with Gasteiger partial charge in [-0.3, -0.25) is 0 Å². The lowest BCUT2D eigenvalue weighted by atomic mass is 10.0. The molecule has 0 bridgehead atoms. The third kappa shape index (κ3) is 3.72. The van der Waals surface area contributed by atoms with Crippen LogP contribution in [0.3, 0.4) is 0 Å². The highest BCUT2D eigenvalue weighted by Crippen LogP contribution is 2.25. The second kappa shape index (κ2) is 6.81. The van der Waals surface area contributed by atoms with E-state index in [-0.39, 0.29) is 6.04 Å². The summed E-state index contributed by atoms with van der Waals surface area (Å²) < 4.78 is 0. The van der Waals surface area contributed by atoms with Crippen LogP contribution in [0.5, 0.6) is 0 Å². The maximum atomic E-state index is 6.11. The van der Waals surface area contributed by atoms with E-state index in [1.807, 2.05) is 18.2 Å². The fourth-order valence-corrected chi connectivity index (χ4v) is 2.17. The Labute approximate surface area is 107 Å². The molecule has 1 nitrogen and oxygen atoms in total. The van der Waals surface area contributed by atoms with Gasteiger partial charge in [-0.1, -0.05) is 36.2 Å². The number of terminal acetylenes is 1. The van der Waals surface area contributed by atoms with Gasteiger partial charge in [0.2, 0.25) is 0 Å². The summed E-state index contributed by atoms with van der Waals surface area (Å²) in [6.45, 7) is 2.94. The van der Waals surface area contributed by atoms with Crippen molar-refractivity contribution < 1.29 is 0 Å². The van der Waals surface area contributed by atoms with E-state index in [9.17, 15) is 0 Å². The molecule has 3 heteroatoms. The molecular weight excluding hydrogens is 241 g/mol. The minimum atomic E-state index is 0.229. The molecule has 0 amide bonds. The summed E-state index contributed by atoms with van der Waals surface area (Å²) in [4.78, 5) is 0. The summed E-state index contributed by atoms with van der Waals surface area (Å²) >= 11 is 12.2. The molecule has 0 fully saturated rings. The smallest absolute Gasteiger partial charge is 0.0453 e. The molecule has 1 aromatic rings.